The van der Waals surface area contributed by atoms with Gasteiger partial charge in [-0.15, -0.1) is 0 Å². The monoisotopic (exact) mass is 391 g/mol. The van der Waals surface area contributed by atoms with Gasteiger partial charge in [0.2, 0.25) is 12.3 Å². The maximum atomic E-state index is 13.2. The van der Waals surface area contributed by atoms with Crippen LogP contribution < -0.4 is 4.90 Å². The van der Waals surface area contributed by atoms with Gasteiger partial charge in [-0.2, -0.15) is 0 Å². The summed E-state index contributed by atoms with van der Waals surface area (Å²) in [6, 6.07) is 12.7. The number of imide groups is 1. The molecule has 0 atom stereocenters. The van der Waals surface area contributed by atoms with Crippen molar-refractivity contribution in [2.24, 2.45) is 5.41 Å². The van der Waals surface area contributed by atoms with E-state index in [2.05, 4.69) is 4.98 Å². The molecule has 6 heteroatoms. The molecule has 29 heavy (non-hydrogen) atoms. The lowest BCUT2D eigenvalue weighted by atomic mass is 9.71. The molecule has 1 saturated carbocycles. The van der Waals surface area contributed by atoms with Gasteiger partial charge in [-0.1, -0.05) is 24.3 Å². The van der Waals surface area contributed by atoms with Crippen molar-refractivity contribution in [1.29, 1.82) is 0 Å². The van der Waals surface area contributed by atoms with Crippen molar-refractivity contribution in [3.05, 3.63) is 59.8 Å². The molecule has 1 spiro atoms. The molecule has 2 aromatic rings. The summed E-state index contributed by atoms with van der Waals surface area (Å²) in [6.07, 6.45) is 5.81. The second-order valence-corrected chi connectivity index (χ2v) is 8.04. The molecule has 0 radical (unpaired) electrons. The van der Waals surface area contributed by atoms with Crippen LogP contribution in [0.4, 0.5) is 5.82 Å². The van der Waals surface area contributed by atoms with E-state index in [1.165, 1.54) is 4.90 Å². The van der Waals surface area contributed by atoms with Crippen LogP contribution in [0.5, 0.6) is 0 Å². The Morgan fingerprint density at radius 3 is 2.52 bits per heavy atom. The predicted octanol–water partition coefficient (Wildman–Crippen LogP) is 3.35. The summed E-state index contributed by atoms with van der Waals surface area (Å²) in [5.74, 6) is 0.560. The Hall–Kier alpha value is -3.02. The molecule has 2 heterocycles. The van der Waals surface area contributed by atoms with E-state index in [1.807, 2.05) is 43.3 Å². The lowest BCUT2D eigenvalue weighted by Crippen LogP contribution is -2.46. The van der Waals surface area contributed by atoms with E-state index < -0.39 is 5.41 Å². The molecular formula is C23H25N3O3. The number of carbonyl (C=O) groups is 3. The molecule has 1 saturated heterocycles. The van der Waals surface area contributed by atoms with Crippen LogP contribution in [0.2, 0.25) is 0 Å². The van der Waals surface area contributed by atoms with Crippen molar-refractivity contribution in [2.75, 3.05) is 11.4 Å². The summed E-state index contributed by atoms with van der Waals surface area (Å²) >= 11 is 0. The Morgan fingerprint density at radius 1 is 1.14 bits per heavy atom. The first-order valence-corrected chi connectivity index (χ1v) is 10.1. The molecule has 1 aliphatic carbocycles. The van der Waals surface area contributed by atoms with Gasteiger partial charge in [-0.25, -0.2) is 4.98 Å². The van der Waals surface area contributed by atoms with Gasteiger partial charge >= 0.3 is 0 Å². The minimum absolute atomic E-state index is 0.123. The van der Waals surface area contributed by atoms with Crippen molar-refractivity contribution < 1.29 is 14.4 Å². The molecule has 0 unspecified atom stereocenters. The normalized spacial score (nSPS) is 24.0. The molecule has 1 aromatic carbocycles. The first-order chi connectivity index (χ1) is 14.1. The molecule has 1 aliphatic heterocycles. The highest BCUT2D eigenvalue weighted by atomic mass is 16.2. The van der Waals surface area contributed by atoms with E-state index >= 15 is 0 Å². The van der Waals surface area contributed by atoms with Gasteiger partial charge in [0.15, 0.2) is 0 Å². The van der Waals surface area contributed by atoms with Crippen molar-refractivity contribution in [1.82, 2.24) is 9.88 Å². The zero-order valence-electron chi connectivity index (χ0n) is 16.6. The highest BCUT2D eigenvalue weighted by Gasteiger charge is 2.49. The van der Waals surface area contributed by atoms with Gasteiger partial charge in [0, 0.05) is 24.3 Å². The van der Waals surface area contributed by atoms with Crippen molar-refractivity contribution in [2.45, 2.75) is 45.1 Å². The molecule has 1 aromatic heterocycles. The maximum absolute atomic E-state index is 13.2. The number of benzene rings is 1. The summed E-state index contributed by atoms with van der Waals surface area (Å²) in [5, 5.41) is 0. The Balaban J connectivity index is 1.46. The summed E-state index contributed by atoms with van der Waals surface area (Å²) in [7, 11) is 0. The molecule has 4 rings (SSSR count). The van der Waals surface area contributed by atoms with Gasteiger partial charge in [-0.05, 0) is 62.8 Å². The molecule has 150 valence electrons. The minimum Gasteiger partial charge on any atom is -0.296 e. The van der Waals surface area contributed by atoms with Gasteiger partial charge in [-0.3, -0.25) is 24.2 Å². The van der Waals surface area contributed by atoms with Crippen LogP contribution in [0.3, 0.4) is 0 Å². The van der Waals surface area contributed by atoms with E-state index in [1.54, 1.807) is 17.2 Å². The largest absolute Gasteiger partial charge is 0.296 e. The van der Waals surface area contributed by atoms with Crippen molar-refractivity contribution in [3.63, 3.8) is 0 Å². The zero-order valence-corrected chi connectivity index (χ0v) is 16.6. The molecule has 6 nitrogen and oxygen atoms in total. The Bertz CT molecular complexity index is 920. The second kappa shape index (κ2) is 7.78. The molecule has 2 fully saturated rings. The quantitative estimate of drug-likeness (QED) is 0.750. The third-order valence-corrected chi connectivity index (χ3v) is 6.47. The molecular weight excluding hydrogens is 366 g/mol. The minimum atomic E-state index is -0.395. The number of hydrogen-bond acceptors (Lipinski definition) is 4. The van der Waals surface area contributed by atoms with Gasteiger partial charge < -0.3 is 0 Å². The topological polar surface area (TPSA) is 70.6 Å². The number of nitrogens with zero attached hydrogens (tertiary/aromatic N) is 3. The third-order valence-electron chi connectivity index (χ3n) is 6.47. The molecule has 3 amide bonds. The van der Waals surface area contributed by atoms with Crippen LogP contribution in [0.15, 0.2) is 48.7 Å². The van der Waals surface area contributed by atoms with Gasteiger partial charge in [0.05, 0.1) is 5.41 Å². The number of carbonyl (C=O) groups excluding carboxylic acids is 3. The fraction of sp³-hybridized carbons (Fsp3) is 0.391. The summed E-state index contributed by atoms with van der Waals surface area (Å²) in [6.45, 7) is 2.54. The van der Waals surface area contributed by atoms with Crippen LogP contribution in [0, 0.1) is 12.3 Å². The van der Waals surface area contributed by atoms with Crippen LogP contribution in [-0.2, 0) is 9.59 Å². The Morgan fingerprint density at radius 2 is 1.86 bits per heavy atom. The standard InChI is InChI=1S/C23H25N3O3/c1-17-6-2-3-7-19(17)21(28)26(16-27)18-9-11-23(12-10-18)13-15-25(22(23)29)20-8-4-5-14-24-20/h2-8,14,16,18H,9-13,15H2,1H3. The average molecular weight is 391 g/mol. The first-order valence-electron chi connectivity index (χ1n) is 10.1. The van der Waals surface area contributed by atoms with E-state index in [0.717, 1.165) is 12.0 Å². The molecule has 0 bridgehead atoms. The highest BCUT2D eigenvalue weighted by molar-refractivity contribution is 6.01. The fourth-order valence-corrected chi connectivity index (χ4v) is 4.70. The predicted molar refractivity (Wildman–Crippen MR) is 109 cm³/mol. The van der Waals surface area contributed by atoms with Gasteiger partial charge in [0.25, 0.3) is 5.91 Å². The van der Waals surface area contributed by atoms with E-state index in [4.69, 9.17) is 0 Å². The summed E-state index contributed by atoms with van der Waals surface area (Å²) in [5.41, 5.74) is 1.01. The average Bonchev–Trinajstić information content (AvgIpc) is 3.07. The van der Waals surface area contributed by atoms with E-state index in [0.29, 0.717) is 50.0 Å². The highest BCUT2D eigenvalue weighted by Crippen LogP contribution is 2.46. The van der Waals surface area contributed by atoms with Crippen molar-refractivity contribution in [3.8, 4) is 0 Å². The molecule has 2 aliphatic rings. The van der Waals surface area contributed by atoms with Crippen molar-refractivity contribution >= 4 is 24.0 Å². The summed E-state index contributed by atoms with van der Waals surface area (Å²) in [4.78, 5) is 45.3. The number of hydrogen-bond donors (Lipinski definition) is 0. The third kappa shape index (κ3) is 3.43. The smallest absolute Gasteiger partial charge is 0.260 e. The number of amides is 3. The number of rotatable bonds is 4. The lowest BCUT2D eigenvalue weighted by Gasteiger charge is -2.38. The lowest BCUT2D eigenvalue weighted by molar-refractivity contribution is -0.128. The van der Waals surface area contributed by atoms with Crippen LogP contribution in [0.25, 0.3) is 0 Å². The fourth-order valence-electron chi connectivity index (χ4n) is 4.70. The van der Waals surface area contributed by atoms with E-state index in [-0.39, 0.29) is 17.9 Å². The maximum Gasteiger partial charge on any atom is 0.260 e. The number of aromatic nitrogens is 1. The zero-order chi connectivity index (χ0) is 20.4. The van der Waals surface area contributed by atoms with Gasteiger partial charge in [0.1, 0.15) is 5.82 Å². The summed E-state index contributed by atoms with van der Waals surface area (Å²) < 4.78 is 0. The SMILES string of the molecule is Cc1ccccc1C(=O)N(C=O)C1CCC2(CC1)CCN(c1ccccn1)C2=O. The second-order valence-electron chi connectivity index (χ2n) is 8.04. The Kier molecular flexibility index (Phi) is 5.18. The first kappa shape index (κ1) is 19.3. The number of anilines is 1. The van der Waals surface area contributed by atoms with E-state index in [9.17, 15) is 14.4 Å². The molecule has 0 N–H and O–H groups in total. The number of pyridine rings is 1. The Labute approximate surface area is 170 Å². The van der Waals surface area contributed by atoms with Crippen LogP contribution in [0.1, 0.15) is 48.0 Å². The van der Waals surface area contributed by atoms with Crippen LogP contribution in [-0.4, -0.2) is 40.7 Å². The van der Waals surface area contributed by atoms with Crippen LogP contribution >= 0.6 is 0 Å². The number of aryl methyl sites for hydroxylation is 1.